The molecule has 1 nitrogen and oxygen atoms in total. The maximum Gasteiger partial charge on any atom is 0.134 e. The molecule has 0 unspecified atom stereocenters. The zero-order chi connectivity index (χ0) is 12.8. The second-order valence-corrected chi connectivity index (χ2v) is 6.62. The van der Waals surface area contributed by atoms with Gasteiger partial charge in [0.15, 0.2) is 0 Å². The highest BCUT2D eigenvalue weighted by molar-refractivity contribution is 7.28. The Bertz CT molecular complexity index is 853. The molecule has 2 aromatic heterocycles. The lowest BCUT2D eigenvalue weighted by molar-refractivity contribution is 1.48. The highest BCUT2D eigenvalue weighted by Crippen LogP contribution is 2.40. The number of para-hydroxylation sites is 1. The molecule has 0 N–H and O–H groups in total. The van der Waals surface area contributed by atoms with E-state index in [9.17, 15) is 0 Å². The van der Waals surface area contributed by atoms with Gasteiger partial charge < -0.3 is 0 Å². The van der Waals surface area contributed by atoms with Crippen LogP contribution in [0, 0.1) is 6.92 Å². The molecule has 2 heterocycles. The van der Waals surface area contributed by atoms with Crippen LogP contribution in [0.3, 0.4) is 0 Å². The highest BCUT2D eigenvalue weighted by Gasteiger charge is 2.13. The lowest BCUT2D eigenvalue weighted by Crippen LogP contribution is -1.74. The fraction of sp³-hybridized carbons (Fsp3) is 0.0625. The maximum atomic E-state index is 4.77. The van der Waals surface area contributed by atoms with Crippen LogP contribution in [-0.4, -0.2) is 4.98 Å². The van der Waals surface area contributed by atoms with Crippen molar-refractivity contribution < 1.29 is 0 Å². The molecule has 0 spiro atoms. The first-order chi connectivity index (χ1) is 9.33. The molecule has 0 fully saturated rings. The van der Waals surface area contributed by atoms with Gasteiger partial charge in [0.05, 0.1) is 15.1 Å². The van der Waals surface area contributed by atoms with Crippen LogP contribution in [0.5, 0.6) is 0 Å². The molecule has 4 rings (SSSR count). The Kier molecular flexibility index (Phi) is 2.43. The van der Waals surface area contributed by atoms with Gasteiger partial charge in [-0.25, -0.2) is 4.98 Å². The topological polar surface area (TPSA) is 12.9 Å². The van der Waals surface area contributed by atoms with Crippen molar-refractivity contribution in [3.63, 3.8) is 0 Å². The third kappa shape index (κ3) is 1.70. The molecule has 0 bridgehead atoms. The average molecular weight is 281 g/mol. The Morgan fingerprint density at radius 3 is 2.37 bits per heavy atom. The van der Waals surface area contributed by atoms with Gasteiger partial charge in [-0.15, -0.1) is 22.7 Å². The van der Waals surface area contributed by atoms with E-state index in [1.165, 1.54) is 25.2 Å². The monoisotopic (exact) mass is 281 g/mol. The fourth-order valence-electron chi connectivity index (χ4n) is 2.35. The normalized spacial score (nSPS) is 11.4. The Hall–Kier alpha value is -1.71. The average Bonchev–Trinajstić information content (AvgIpc) is 3.00. The molecule has 92 valence electrons. The summed E-state index contributed by atoms with van der Waals surface area (Å²) in [4.78, 5) is 6.08. The van der Waals surface area contributed by atoms with Crippen LogP contribution in [0.1, 0.15) is 5.56 Å². The molecule has 0 aliphatic rings. The minimum atomic E-state index is 1.10. The maximum absolute atomic E-state index is 4.77. The number of hydrogen-bond donors (Lipinski definition) is 0. The Morgan fingerprint density at radius 1 is 0.842 bits per heavy atom. The van der Waals surface area contributed by atoms with Gasteiger partial charge in [-0.1, -0.05) is 30.3 Å². The number of aromatic nitrogens is 1. The zero-order valence-corrected chi connectivity index (χ0v) is 12.0. The summed E-state index contributed by atoms with van der Waals surface area (Å²) in [6, 6.07) is 16.9. The van der Waals surface area contributed by atoms with Crippen LogP contribution in [0.15, 0.2) is 48.5 Å². The zero-order valence-electron chi connectivity index (χ0n) is 10.4. The minimum Gasteiger partial charge on any atom is -0.235 e. The summed E-state index contributed by atoms with van der Waals surface area (Å²) < 4.78 is 2.60. The van der Waals surface area contributed by atoms with Crippen LogP contribution < -0.4 is 0 Å². The number of thiazole rings is 1. The van der Waals surface area contributed by atoms with Crippen molar-refractivity contribution >= 4 is 43.0 Å². The second kappa shape index (κ2) is 4.15. The lowest BCUT2D eigenvalue weighted by Gasteiger charge is -1.92. The van der Waals surface area contributed by atoms with Gasteiger partial charge in [0.25, 0.3) is 0 Å². The molecule has 0 atom stereocenters. The number of rotatable bonds is 1. The smallest absolute Gasteiger partial charge is 0.134 e. The Balaban J connectivity index is 2.01. The van der Waals surface area contributed by atoms with Crippen molar-refractivity contribution in [1.29, 1.82) is 0 Å². The summed E-state index contributed by atoms with van der Waals surface area (Å²) in [5.41, 5.74) is 2.44. The van der Waals surface area contributed by atoms with Crippen molar-refractivity contribution in [1.82, 2.24) is 4.98 Å². The second-order valence-electron chi connectivity index (χ2n) is 4.54. The third-order valence-corrected chi connectivity index (χ3v) is 5.79. The standard InChI is InChI=1S/C16H11NS2/c1-10-11-6-2-4-8-13(11)18-15(10)16-17-12-7-3-5-9-14(12)19-16/h2-9H,1H3. The molecule has 4 aromatic rings. The molecule has 0 aliphatic heterocycles. The van der Waals surface area contributed by atoms with E-state index in [1.807, 2.05) is 17.4 Å². The number of benzene rings is 2. The van der Waals surface area contributed by atoms with Crippen LogP contribution >= 0.6 is 22.7 Å². The molecule has 2 aromatic carbocycles. The first-order valence-electron chi connectivity index (χ1n) is 6.17. The first kappa shape index (κ1) is 11.1. The minimum absolute atomic E-state index is 1.10. The number of aryl methyl sites for hydroxylation is 1. The van der Waals surface area contributed by atoms with Gasteiger partial charge in [-0.3, -0.25) is 0 Å². The predicted octanol–water partition coefficient (Wildman–Crippen LogP) is 5.49. The third-order valence-electron chi connectivity index (χ3n) is 3.33. The van der Waals surface area contributed by atoms with Crippen molar-refractivity contribution in [2.45, 2.75) is 6.92 Å². The van der Waals surface area contributed by atoms with Crippen LogP contribution in [0.25, 0.3) is 30.2 Å². The van der Waals surface area contributed by atoms with E-state index in [0.29, 0.717) is 0 Å². The molecular formula is C16H11NS2. The van der Waals surface area contributed by atoms with E-state index in [-0.39, 0.29) is 0 Å². The van der Waals surface area contributed by atoms with Crippen LogP contribution in [0.2, 0.25) is 0 Å². The van der Waals surface area contributed by atoms with Gasteiger partial charge >= 0.3 is 0 Å². The van der Waals surface area contributed by atoms with Gasteiger partial charge in [0.1, 0.15) is 5.01 Å². The summed E-state index contributed by atoms with van der Waals surface area (Å²) in [5.74, 6) is 0. The SMILES string of the molecule is Cc1c(-c2nc3ccccc3s2)sc2ccccc12. The number of hydrogen-bond acceptors (Lipinski definition) is 3. The molecule has 0 aliphatic carbocycles. The van der Waals surface area contributed by atoms with Crippen molar-refractivity contribution in [3.8, 4) is 9.88 Å². The number of fused-ring (bicyclic) bond motifs is 2. The first-order valence-corrected chi connectivity index (χ1v) is 7.80. The van der Waals surface area contributed by atoms with E-state index in [0.717, 1.165) is 10.5 Å². The van der Waals surface area contributed by atoms with Crippen LogP contribution in [-0.2, 0) is 0 Å². The molecule has 0 saturated heterocycles. The van der Waals surface area contributed by atoms with Gasteiger partial charge in [-0.2, -0.15) is 0 Å². The highest BCUT2D eigenvalue weighted by atomic mass is 32.1. The van der Waals surface area contributed by atoms with Gasteiger partial charge in [0, 0.05) is 4.70 Å². The Morgan fingerprint density at radius 2 is 1.58 bits per heavy atom. The lowest BCUT2D eigenvalue weighted by atomic mass is 10.1. The summed E-state index contributed by atoms with van der Waals surface area (Å²) in [6.07, 6.45) is 0. The van der Waals surface area contributed by atoms with E-state index < -0.39 is 0 Å². The van der Waals surface area contributed by atoms with Crippen molar-refractivity contribution in [2.75, 3.05) is 0 Å². The van der Waals surface area contributed by atoms with Crippen LogP contribution in [0.4, 0.5) is 0 Å². The molecule has 0 saturated carbocycles. The summed E-state index contributed by atoms with van der Waals surface area (Å²) in [7, 11) is 0. The number of nitrogens with zero attached hydrogens (tertiary/aromatic N) is 1. The molecule has 19 heavy (non-hydrogen) atoms. The predicted molar refractivity (Wildman–Crippen MR) is 85.2 cm³/mol. The largest absolute Gasteiger partial charge is 0.235 e. The van der Waals surface area contributed by atoms with Gasteiger partial charge in [-0.05, 0) is 36.1 Å². The van der Waals surface area contributed by atoms with Crippen molar-refractivity contribution in [2.24, 2.45) is 0 Å². The Labute approximate surface area is 119 Å². The summed E-state index contributed by atoms with van der Waals surface area (Å²) in [6.45, 7) is 2.19. The quantitative estimate of drug-likeness (QED) is 0.450. The number of thiophene rings is 1. The molecular weight excluding hydrogens is 270 g/mol. The molecule has 3 heteroatoms. The fourth-order valence-corrected chi connectivity index (χ4v) is 4.65. The van der Waals surface area contributed by atoms with E-state index >= 15 is 0 Å². The van der Waals surface area contributed by atoms with E-state index in [1.54, 1.807) is 11.3 Å². The molecule has 0 radical (unpaired) electrons. The van der Waals surface area contributed by atoms with E-state index in [2.05, 4.69) is 49.4 Å². The molecule has 0 amide bonds. The summed E-state index contributed by atoms with van der Waals surface area (Å²) in [5, 5.41) is 2.49. The van der Waals surface area contributed by atoms with E-state index in [4.69, 9.17) is 4.98 Å². The van der Waals surface area contributed by atoms with Gasteiger partial charge in [0.2, 0.25) is 0 Å². The summed E-state index contributed by atoms with van der Waals surface area (Å²) >= 11 is 3.62. The van der Waals surface area contributed by atoms with Crippen molar-refractivity contribution in [3.05, 3.63) is 54.1 Å².